The summed E-state index contributed by atoms with van der Waals surface area (Å²) in [5, 5.41) is 5.86. The molecule has 3 fully saturated rings. The number of nitrogens with one attached hydrogen (secondary N) is 2. The molecule has 2 N–H and O–H groups in total. The summed E-state index contributed by atoms with van der Waals surface area (Å²) in [4.78, 5) is 55.2. The number of amides is 2. The number of methoxy groups -OCH3 is 1. The van der Waals surface area contributed by atoms with Gasteiger partial charge in [0, 0.05) is 31.3 Å². The third-order valence-electron chi connectivity index (χ3n) is 8.59. The number of epoxide rings is 1. The van der Waals surface area contributed by atoms with E-state index in [9.17, 15) is 19.2 Å². The van der Waals surface area contributed by atoms with Gasteiger partial charge in [-0.1, -0.05) is 23.8 Å². The molecule has 2 aliphatic carbocycles. The molecule has 1 aromatic rings. The van der Waals surface area contributed by atoms with Crippen LogP contribution in [-0.4, -0.2) is 92.5 Å². The van der Waals surface area contributed by atoms with Crippen LogP contribution in [0.3, 0.4) is 0 Å². The summed E-state index contributed by atoms with van der Waals surface area (Å²) < 4.78 is 16.0. The highest BCUT2D eigenvalue weighted by atomic mass is 16.6. The number of nitrogens with zero attached hydrogens (tertiary/aromatic N) is 1. The van der Waals surface area contributed by atoms with E-state index < -0.39 is 29.5 Å². The molecule has 222 valence electrons. The van der Waals surface area contributed by atoms with Crippen molar-refractivity contribution in [2.75, 3.05) is 46.6 Å². The molecule has 1 aromatic carbocycles. The van der Waals surface area contributed by atoms with E-state index in [4.69, 9.17) is 14.2 Å². The smallest absolute Gasteiger partial charge is 0.243 e. The first-order valence-electron chi connectivity index (χ1n) is 14.7. The summed E-state index contributed by atoms with van der Waals surface area (Å²) in [7, 11) is 1.58. The highest BCUT2D eigenvalue weighted by molar-refractivity contribution is 5.99. The SMILES string of the molecule is COc1ccc(C[C@H](NC(=O)C2CC2C(=O)CN2CCOCC2)C(=O)N[C@@H](CC2=CCCC2)C(=O)[C@@]2(C)CO2)cc1. The third kappa shape index (κ3) is 7.61. The van der Waals surface area contributed by atoms with Gasteiger partial charge in [-0.2, -0.15) is 0 Å². The van der Waals surface area contributed by atoms with E-state index in [2.05, 4.69) is 21.6 Å². The molecule has 10 heteroatoms. The van der Waals surface area contributed by atoms with Crippen LogP contribution in [0, 0.1) is 11.8 Å². The number of benzene rings is 1. The highest BCUT2D eigenvalue weighted by Gasteiger charge is 2.51. The van der Waals surface area contributed by atoms with Gasteiger partial charge < -0.3 is 24.8 Å². The summed E-state index contributed by atoms with van der Waals surface area (Å²) in [5.41, 5.74) is 1.11. The van der Waals surface area contributed by atoms with Crippen LogP contribution < -0.4 is 15.4 Å². The van der Waals surface area contributed by atoms with E-state index in [1.165, 1.54) is 0 Å². The number of hydrogen-bond donors (Lipinski definition) is 2. The number of ketones is 2. The van der Waals surface area contributed by atoms with Gasteiger partial charge in [0.15, 0.2) is 11.6 Å². The van der Waals surface area contributed by atoms with Crippen molar-refractivity contribution < 1.29 is 33.4 Å². The van der Waals surface area contributed by atoms with E-state index in [0.717, 1.165) is 30.4 Å². The molecule has 10 nitrogen and oxygen atoms in total. The van der Waals surface area contributed by atoms with Crippen LogP contribution in [0.5, 0.6) is 5.75 Å². The maximum absolute atomic E-state index is 13.7. The third-order valence-corrected chi connectivity index (χ3v) is 8.59. The van der Waals surface area contributed by atoms with Crippen molar-refractivity contribution in [1.82, 2.24) is 15.5 Å². The van der Waals surface area contributed by atoms with Crippen LogP contribution in [-0.2, 0) is 35.1 Å². The van der Waals surface area contributed by atoms with Gasteiger partial charge in [-0.25, -0.2) is 0 Å². The summed E-state index contributed by atoms with van der Waals surface area (Å²) in [6.45, 7) is 5.03. The van der Waals surface area contributed by atoms with Crippen LogP contribution in [0.1, 0.15) is 44.6 Å². The monoisotopic (exact) mass is 567 g/mol. The first-order valence-corrected chi connectivity index (χ1v) is 14.7. The van der Waals surface area contributed by atoms with Gasteiger partial charge in [0.1, 0.15) is 17.4 Å². The van der Waals surface area contributed by atoms with Gasteiger partial charge in [-0.3, -0.25) is 24.1 Å². The van der Waals surface area contributed by atoms with E-state index in [1.54, 1.807) is 26.2 Å². The van der Waals surface area contributed by atoms with Gasteiger partial charge in [-0.15, -0.1) is 0 Å². The predicted molar refractivity (Wildman–Crippen MR) is 150 cm³/mol. The van der Waals surface area contributed by atoms with Crippen LogP contribution in [0.4, 0.5) is 0 Å². The van der Waals surface area contributed by atoms with Gasteiger partial charge in [0.2, 0.25) is 11.8 Å². The average Bonchev–Trinajstić information content (AvgIpc) is 3.89. The molecule has 5 rings (SSSR count). The molecule has 2 unspecified atom stereocenters. The Balaban J connectivity index is 1.26. The lowest BCUT2D eigenvalue weighted by Crippen LogP contribution is -2.54. The molecule has 0 aromatic heterocycles. The molecule has 4 aliphatic rings. The van der Waals surface area contributed by atoms with Crippen molar-refractivity contribution in [3.8, 4) is 5.75 Å². The second kappa shape index (κ2) is 12.8. The number of carbonyl (C=O) groups is 4. The average molecular weight is 568 g/mol. The second-order valence-corrected chi connectivity index (χ2v) is 11.8. The zero-order valence-corrected chi connectivity index (χ0v) is 24.0. The van der Waals surface area contributed by atoms with E-state index in [1.807, 2.05) is 12.1 Å². The Bertz CT molecular complexity index is 1170. The van der Waals surface area contributed by atoms with Gasteiger partial charge >= 0.3 is 0 Å². The number of allylic oxidation sites excluding steroid dienone is 1. The number of hydrogen-bond acceptors (Lipinski definition) is 8. The number of ether oxygens (including phenoxy) is 3. The largest absolute Gasteiger partial charge is 0.497 e. The number of morpholine rings is 1. The summed E-state index contributed by atoms with van der Waals surface area (Å²) in [6.07, 6.45) is 6.22. The molecule has 0 spiro atoms. The zero-order valence-electron chi connectivity index (χ0n) is 24.0. The maximum Gasteiger partial charge on any atom is 0.243 e. The normalized spacial score (nSPS) is 26.8. The fourth-order valence-corrected chi connectivity index (χ4v) is 5.71. The Labute approximate surface area is 241 Å². The number of carbonyl (C=O) groups excluding carboxylic acids is 4. The van der Waals surface area contributed by atoms with Crippen molar-refractivity contribution in [2.45, 2.75) is 63.1 Å². The fourth-order valence-electron chi connectivity index (χ4n) is 5.71. The Hall–Kier alpha value is -3.08. The fraction of sp³-hybridized carbons (Fsp3) is 0.613. The van der Waals surface area contributed by atoms with Crippen molar-refractivity contribution in [3.05, 3.63) is 41.5 Å². The van der Waals surface area contributed by atoms with E-state index in [-0.39, 0.29) is 29.8 Å². The topological polar surface area (TPSA) is 127 Å². The van der Waals surface area contributed by atoms with Crippen molar-refractivity contribution in [3.63, 3.8) is 0 Å². The molecule has 2 saturated heterocycles. The Morgan fingerprint density at radius 1 is 1.05 bits per heavy atom. The summed E-state index contributed by atoms with van der Waals surface area (Å²) >= 11 is 0. The lowest BCUT2D eigenvalue weighted by Gasteiger charge is -2.26. The summed E-state index contributed by atoms with van der Waals surface area (Å²) in [5.74, 6) is -0.926. The lowest BCUT2D eigenvalue weighted by molar-refractivity contribution is -0.133. The maximum atomic E-state index is 13.7. The lowest BCUT2D eigenvalue weighted by atomic mass is 9.94. The quantitative estimate of drug-likeness (QED) is 0.257. The molecule has 5 atom stereocenters. The second-order valence-electron chi connectivity index (χ2n) is 11.8. The molecule has 0 radical (unpaired) electrons. The first kappa shape index (κ1) is 29.4. The van der Waals surface area contributed by atoms with Crippen molar-refractivity contribution >= 4 is 23.4 Å². The van der Waals surface area contributed by atoms with Crippen LogP contribution in [0.25, 0.3) is 0 Å². The molecule has 2 heterocycles. The Morgan fingerprint density at radius 2 is 1.78 bits per heavy atom. The van der Waals surface area contributed by atoms with Crippen LogP contribution >= 0.6 is 0 Å². The van der Waals surface area contributed by atoms with Crippen molar-refractivity contribution in [1.29, 1.82) is 0 Å². The molecule has 2 aliphatic heterocycles. The minimum absolute atomic E-state index is 0.0522. The minimum atomic E-state index is -0.910. The molecule has 2 amide bonds. The predicted octanol–water partition coefficient (Wildman–Crippen LogP) is 1.60. The van der Waals surface area contributed by atoms with Gasteiger partial charge in [0.25, 0.3) is 0 Å². The first-order chi connectivity index (χ1) is 19.8. The minimum Gasteiger partial charge on any atom is -0.497 e. The van der Waals surface area contributed by atoms with E-state index in [0.29, 0.717) is 58.0 Å². The Kier molecular flexibility index (Phi) is 9.21. The van der Waals surface area contributed by atoms with Crippen molar-refractivity contribution in [2.24, 2.45) is 11.8 Å². The van der Waals surface area contributed by atoms with Crippen LogP contribution in [0.2, 0.25) is 0 Å². The van der Waals surface area contributed by atoms with Crippen LogP contribution in [0.15, 0.2) is 35.9 Å². The number of Topliss-reactive ketones (excluding diaryl/α,β-unsaturated/α-hetero) is 2. The molecular formula is C31H41N3O7. The zero-order chi connectivity index (χ0) is 29.0. The Morgan fingerprint density at radius 3 is 2.41 bits per heavy atom. The molecule has 0 bridgehead atoms. The van der Waals surface area contributed by atoms with E-state index >= 15 is 0 Å². The number of rotatable bonds is 14. The molecular weight excluding hydrogens is 526 g/mol. The highest BCUT2D eigenvalue weighted by Crippen LogP contribution is 2.40. The summed E-state index contributed by atoms with van der Waals surface area (Å²) in [6, 6.07) is 5.66. The van der Waals surface area contributed by atoms with Gasteiger partial charge in [0.05, 0.1) is 39.5 Å². The van der Waals surface area contributed by atoms with Gasteiger partial charge in [-0.05, 0) is 56.7 Å². The molecule has 1 saturated carbocycles. The molecule has 41 heavy (non-hydrogen) atoms. The standard InChI is InChI=1S/C31H41N3O7/c1-31(19-41-31)28(36)25(15-20-5-3-4-6-20)32-30(38)26(16-21-7-9-22(39-2)10-8-21)33-29(37)24-17-23(24)27(35)18-34-11-13-40-14-12-34/h5,7-10,23-26H,3-4,6,11-19H2,1-2H3,(H,32,38)(H,33,37)/t23?,24?,25-,26-,31+/m0/s1.